The summed E-state index contributed by atoms with van der Waals surface area (Å²) in [6.45, 7) is 9.50. The lowest BCUT2D eigenvalue weighted by atomic mass is 9.89. The van der Waals surface area contributed by atoms with Gasteiger partial charge in [0.2, 0.25) is 0 Å². The molecule has 0 heterocycles. The molecule has 0 radical (unpaired) electrons. The van der Waals surface area contributed by atoms with E-state index < -0.39 is 0 Å². The lowest BCUT2D eigenvalue weighted by molar-refractivity contribution is 0.313. The van der Waals surface area contributed by atoms with Gasteiger partial charge in [0.25, 0.3) is 0 Å². The molecule has 0 saturated heterocycles. The minimum atomic E-state index is 0.623. The highest BCUT2D eigenvalue weighted by Crippen LogP contribution is 2.36. The molecular formula is C13H27N. The maximum atomic E-state index is 3.62. The van der Waals surface area contributed by atoms with Crippen LogP contribution in [0.15, 0.2) is 0 Å². The van der Waals surface area contributed by atoms with Crippen LogP contribution in [-0.4, -0.2) is 13.1 Å². The molecule has 0 spiro atoms. The standard InChI is InChI=1S/C13H27N/c1-12(2)7-6-10-14-11-13(3)8-4-5-9-13/h12,14H,4-11H2,1-3H3. The van der Waals surface area contributed by atoms with E-state index in [0.29, 0.717) is 5.41 Å². The largest absolute Gasteiger partial charge is 0.316 e. The van der Waals surface area contributed by atoms with Crippen LogP contribution in [0.4, 0.5) is 0 Å². The summed E-state index contributed by atoms with van der Waals surface area (Å²) in [7, 11) is 0. The van der Waals surface area contributed by atoms with Gasteiger partial charge in [-0.1, -0.05) is 33.6 Å². The zero-order chi connectivity index (χ0) is 10.4. The van der Waals surface area contributed by atoms with Gasteiger partial charge in [-0.3, -0.25) is 0 Å². The Morgan fingerprint density at radius 2 is 1.86 bits per heavy atom. The van der Waals surface area contributed by atoms with Crippen LogP contribution in [0, 0.1) is 11.3 Å². The summed E-state index contributed by atoms with van der Waals surface area (Å²) >= 11 is 0. The van der Waals surface area contributed by atoms with Crippen molar-refractivity contribution in [3.8, 4) is 0 Å². The molecule has 0 amide bonds. The Morgan fingerprint density at radius 1 is 1.21 bits per heavy atom. The fourth-order valence-electron chi connectivity index (χ4n) is 2.43. The first-order valence-electron chi connectivity index (χ1n) is 6.33. The number of hydrogen-bond acceptors (Lipinski definition) is 1. The van der Waals surface area contributed by atoms with Crippen molar-refractivity contribution >= 4 is 0 Å². The third-order valence-electron chi connectivity index (χ3n) is 3.50. The van der Waals surface area contributed by atoms with Crippen LogP contribution >= 0.6 is 0 Å². The second kappa shape index (κ2) is 5.75. The minimum absolute atomic E-state index is 0.623. The number of hydrogen-bond donors (Lipinski definition) is 1. The molecule has 1 aliphatic carbocycles. The Morgan fingerprint density at radius 3 is 2.43 bits per heavy atom. The molecule has 0 unspecified atom stereocenters. The van der Waals surface area contributed by atoms with Gasteiger partial charge in [0.05, 0.1) is 0 Å². The number of nitrogens with one attached hydrogen (secondary N) is 1. The van der Waals surface area contributed by atoms with E-state index in [1.807, 2.05) is 0 Å². The summed E-state index contributed by atoms with van der Waals surface area (Å²) in [6, 6.07) is 0. The van der Waals surface area contributed by atoms with Crippen molar-refractivity contribution in [1.82, 2.24) is 5.32 Å². The van der Waals surface area contributed by atoms with Gasteiger partial charge in [0.15, 0.2) is 0 Å². The van der Waals surface area contributed by atoms with Crippen LogP contribution in [0.25, 0.3) is 0 Å². The first-order valence-corrected chi connectivity index (χ1v) is 6.33. The summed E-state index contributed by atoms with van der Waals surface area (Å²) in [6.07, 6.45) is 8.47. The molecule has 0 bridgehead atoms. The lowest BCUT2D eigenvalue weighted by Gasteiger charge is -2.23. The van der Waals surface area contributed by atoms with Crippen LogP contribution in [0.1, 0.15) is 59.3 Å². The summed E-state index contributed by atoms with van der Waals surface area (Å²) in [5.74, 6) is 0.860. The summed E-state index contributed by atoms with van der Waals surface area (Å²) < 4.78 is 0. The van der Waals surface area contributed by atoms with Crippen molar-refractivity contribution in [1.29, 1.82) is 0 Å². The van der Waals surface area contributed by atoms with Gasteiger partial charge in [-0.25, -0.2) is 0 Å². The van der Waals surface area contributed by atoms with Crippen LogP contribution in [-0.2, 0) is 0 Å². The van der Waals surface area contributed by atoms with Gasteiger partial charge in [-0.15, -0.1) is 0 Å². The molecule has 0 aromatic carbocycles. The topological polar surface area (TPSA) is 12.0 Å². The van der Waals surface area contributed by atoms with Gasteiger partial charge in [-0.2, -0.15) is 0 Å². The lowest BCUT2D eigenvalue weighted by Crippen LogP contribution is -2.30. The zero-order valence-corrected chi connectivity index (χ0v) is 10.2. The average molecular weight is 197 g/mol. The molecule has 1 N–H and O–H groups in total. The third kappa shape index (κ3) is 4.45. The Labute approximate surface area is 89.7 Å². The monoisotopic (exact) mass is 197 g/mol. The Bertz CT molecular complexity index is 145. The first-order chi connectivity index (χ1) is 6.62. The summed E-state index contributed by atoms with van der Waals surface area (Å²) in [5, 5.41) is 3.62. The first kappa shape index (κ1) is 12.0. The van der Waals surface area contributed by atoms with E-state index in [4.69, 9.17) is 0 Å². The quantitative estimate of drug-likeness (QED) is 0.642. The van der Waals surface area contributed by atoms with E-state index in [0.717, 1.165) is 5.92 Å². The van der Waals surface area contributed by atoms with Gasteiger partial charge < -0.3 is 5.32 Å². The van der Waals surface area contributed by atoms with Gasteiger partial charge in [0.1, 0.15) is 0 Å². The van der Waals surface area contributed by atoms with E-state index in [2.05, 4.69) is 26.1 Å². The average Bonchev–Trinajstić information content (AvgIpc) is 2.51. The molecule has 0 aliphatic heterocycles. The highest BCUT2D eigenvalue weighted by Gasteiger charge is 2.27. The van der Waals surface area contributed by atoms with Crippen LogP contribution < -0.4 is 5.32 Å². The van der Waals surface area contributed by atoms with Crippen molar-refractivity contribution in [3.63, 3.8) is 0 Å². The fraction of sp³-hybridized carbons (Fsp3) is 1.00. The van der Waals surface area contributed by atoms with Crippen LogP contribution in [0.5, 0.6) is 0 Å². The SMILES string of the molecule is CC(C)CCCNCC1(C)CCCC1. The van der Waals surface area contributed by atoms with E-state index in [9.17, 15) is 0 Å². The fourth-order valence-corrected chi connectivity index (χ4v) is 2.43. The third-order valence-corrected chi connectivity index (χ3v) is 3.50. The highest BCUT2D eigenvalue weighted by atomic mass is 14.9. The van der Waals surface area contributed by atoms with Crippen LogP contribution in [0.3, 0.4) is 0 Å². The molecule has 0 aromatic rings. The highest BCUT2D eigenvalue weighted by molar-refractivity contribution is 4.82. The Balaban J connectivity index is 1.98. The van der Waals surface area contributed by atoms with Gasteiger partial charge in [-0.05, 0) is 43.6 Å². The van der Waals surface area contributed by atoms with Crippen molar-refractivity contribution in [2.45, 2.75) is 59.3 Å². The maximum absolute atomic E-state index is 3.62. The van der Waals surface area contributed by atoms with Crippen molar-refractivity contribution in [2.24, 2.45) is 11.3 Å². The Kier molecular flexibility index (Phi) is 4.94. The van der Waals surface area contributed by atoms with E-state index >= 15 is 0 Å². The summed E-state index contributed by atoms with van der Waals surface area (Å²) in [4.78, 5) is 0. The van der Waals surface area contributed by atoms with E-state index in [1.165, 1.54) is 51.6 Å². The van der Waals surface area contributed by atoms with Crippen LogP contribution in [0.2, 0.25) is 0 Å². The molecule has 0 atom stereocenters. The predicted molar refractivity (Wildman–Crippen MR) is 63.5 cm³/mol. The van der Waals surface area contributed by atoms with Gasteiger partial charge in [0, 0.05) is 6.54 Å². The molecule has 0 aromatic heterocycles. The maximum Gasteiger partial charge on any atom is 0.000516 e. The normalized spacial score (nSPS) is 20.6. The van der Waals surface area contributed by atoms with E-state index in [1.54, 1.807) is 0 Å². The molecule has 1 nitrogen and oxygen atoms in total. The second-order valence-electron chi connectivity index (χ2n) is 5.73. The molecule has 1 saturated carbocycles. The summed E-state index contributed by atoms with van der Waals surface area (Å²) in [5.41, 5.74) is 0.623. The smallest absolute Gasteiger partial charge is 0.000516 e. The van der Waals surface area contributed by atoms with Gasteiger partial charge >= 0.3 is 0 Å². The Hall–Kier alpha value is -0.0400. The molecule has 1 aliphatic rings. The van der Waals surface area contributed by atoms with Crippen molar-refractivity contribution < 1.29 is 0 Å². The van der Waals surface area contributed by atoms with E-state index in [-0.39, 0.29) is 0 Å². The molecule has 14 heavy (non-hydrogen) atoms. The molecule has 84 valence electrons. The molecule has 1 rings (SSSR count). The zero-order valence-electron chi connectivity index (χ0n) is 10.2. The molecule has 1 heteroatoms. The van der Waals surface area contributed by atoms with Crippen molar-refractivity contribution in [2.75, 3.05) is 13.1 Å². The second-order valence-corrected chi connectivity index (χ2v) is 5.73. The minimum Gasteiger partial charge on any atom is -0.316 e. The number of rotatable bonds is 6. The molecule has 1 fully saturated rings. The predicted octanol–water partition coefficient (Wildman–Crippen LogP) is 3.59. The molecular weight excluding hydrogens is 170 g/mol. The van der Waals surface area contributed by atoms with Crippen molar-refractivity contribution in [3.05, 3.63) is 0 Å².